The number of aryl methyl sites for hydroxylation is 2. The van der Waals surface area contributed by atoms with Crippen LogP contribution in [0.5, 0.6) is 0 Å². The summed E-state index contributed by atoms with van der Waals surface area (Å²) in [5.41, 5.74) is 5.54. The number of halogens is 1. The van der Waals surface area contributed by atoms with E-state index in [0.29, 0.717) is 6.61 Å². The van der Waals surface area contributed by atoms with E-state index >= 15 is 0 Å². The lowest BCUT2D eigenvalue weighted by Gasteiger charge is -2.36. The van der Waals surface area contributed by atoms with Crippen LogP contribution in [0.1, 0.15) is 45.6 Å². The molecular formula is C29H33ClN2O2. The molecule has 1 aliphatic heterocycles. The summed E-state index contributed by atoms with van der Waals surface area (Å²) < 4.78 is 6.41. The van der Waals surface area contributed by atoms with Gasteiger partial charge in [0, 0.05) is 43.3 Å². The van der Waals surface area contributed by atoms with Crippen molar-refractivity contribution in [3.8, 4) is 0 Å². The fraction of sp³-hybridized carbons (Fsp3) is 0.345. The fourth-order valence-electron chi connectivity index (χ4n) is 4.36. The minimum atomic E-state index is -0.0679. The van der Waals surface area contributed by atoms with Crippen LogP contribution in [0.15, 0.2) is 72.8 Å². The quantitative estimate of drug-likeness (QED) is 0.404. The van der Waals surface area contributed by atoms with E-state index in [1.54, 1.807) is 0 Å². The first-order valence-corrected chi connectivity index (χ1v) is 12.4. The lowest BCUT2D eigenvalue weighted by atomic mass is 10.1. The SMILES string of the molecule is CCc1ccc(C(=O)N2CCN(CC(OCc3cccc(C)c3)c3ccc(Cl)cc3)CC2)cc1. The van der Waals surface area contributed by atoms with E-state index in [2.05, 4.69) is 43.0 Å². The van der Waals surface area contributed by atoms with Gasteiger partial charge in [0.05, 0.1) is 12.7 Å². The second kappa shape index (κ2) is 11.7. The van der Waals surface area contributed by atoms with Crippen molar-refractivity contribution in [2.75, 3.05) is 32.7 Å². The molecule has 1 unspecified atom stereocenters. The van der Waals surface area contributed by atoms with Gasteiger partial charge >= 0.3 is 0 Å². The van der Waals surface area contributed by atoms with E-state index in [9.17, 15) is 4.79 Å². The van der Waals surface area contributed by atoms with Crippen molar-refractivity contribution >= 4 is 17.5 Å². The average molecular weight is 477 g/mol. The summed E-state index contributed by atoms with van der Waals surface area (Å²) in [5.74, 6) is 0.118. The Hall–Kier alpha value is -2.66. The van der Waals surface area contributed by atoms with Crippen molar-refractivity contribution < 1.29 is 9.53 Å². The molecule has 3 aromatic rings. The highest BCUT2D eigenvalue weighted by atomic mass is 35.5. The van der Waals surface area contributed by atoms with E-state index in [1.165, 1.54) is 16.7 Å². The molecule has 5 heteroatoms. The molecule has 4 rings (SSSR count). The number of piperazine rings is 1. The number of hydrogen-bond acceptors (Lipinski definition) is 3. The molecule has 0 aliphatic carbocycles. The van der Waals surface area contributed by atoms with Crippen molar-refractivity contribution in [3.63, 3.8) is 0 Å². The van der Waals surface area contributed by atoms with Gasteiger partial charge in [-0.15, -0.1) is 0 Å². The van der Waals surface area contributed by atoms with Crippen LogP contribution in [0.2, 0.25) is 5.02 Å². The van der Waals surface area contributed by atoms with Gasteiger partial charge in [-0.05, 0) is 54.3 Å². The molecule has 3 aromatic carbocycles. The number of carbonyl (C=O) groups excluding carboxylic acids is 1. The number of ether oxygens (including phenoxy) is 1. The third kappa shape index (κ3) is 6.47. The summed E-state index contributed by atoms with van der Waals surface area (Å²) in [4.78, 5) is 17.3. The third-order valence-corrected chi connectivity index (χ3v) is 6.72. The van der Waals surface area contributed by atoms with Crippen LogP contribution in [0, 0.1) is 6.92 Å². The van der Waals surface area contributed by atoms with Crippen LogP contribution >= 0.6 is 11.6 Å². The molecule has 1 atom stereocenters. The van der Waals surface area contributed by atoms with Gasteiger partial charge in [0.2, 0.25) is 0 Å². The number of rotatable bonds is 8. The summed E-state index contributed by atoms with van der Waals surface area (Å²) >= 11 is 6.12. The summed E-state index contributed by atoms with van der Waals surface area (Å²) in [7, 11) is 0. The van der Waals surface area contributed by atoms with Crippen molar-refractivity contribution in [1.29, 1.82) is 0 Å². The van der Waals surface area contributed by atoms with E-state index < -0.39 is 0 Å². The maximum Gasteiger partial charge on any atom is 0.253 e. The molecule has 1 aliphatic rings. The van der Waals surface area contributed by atoms with Gasteiger partial charge < -0.3 is 9.64 Å². The van der Waals surface area contributed by atoms with Crippen molar-refractivity contribution in [1.82, 2.24) is 9.80 Å². The summed E-state index contributed by atoms with van der Waals surface area (Å²) in [6, 6.07) is 24.3. The molecule has 1 heterocycles. The van der Waals surface area contributed by atoms with Crippen LogP contribution in [0.3, 0.4) is 0 Å². The molecule has 34 heavy (non-hydrogen) atoms. The molecule has 0 saturated carbocycles. The standard InChI is InChI=1S/C29H33ClN2O2/c1-3-23-7-9-26(10-8-23)29(33)32-17-15-31(16-18-32)20-28(25-11-13-27(30)14-12-25)34-21-24-6-4-5-22(2)19-24/h4-14,19,28H,3,15-18,20-21H2,1-2H3. The van der Waals surface area contributed by atoms with Gasteiger partial charge in [-0.3, -0.25) is 9.69 Å². The Morgan fingerprint density at radius 3 is 2.29 bits per heavy atom. The molecule has 1 saturated heterocycles. The van der Waals surface area contributed by atoms with Gasteiger partial charge in [0.1, 0.15) is 0 Å². The van der Waals surface area contributed by atoms with E-state index in [0.717, 1.165) is 55.3 Å². The first-order chi connectivity index (χ1) is 16.5. The van der Waals surface area contributed by atoms with Crippen LogP contribution < -0.4 is 0 Å². The number of hydrogen-bond donors (Lipinski definition) is 0. The smallest absolute Gasteiger partial charge is 0.253 e. The van der Waals surface area contributed by atoms with Gasteiger partial charge in [-0.1, -0.05) is 72.6 Å². The van der Waals surface area contributed by atoms with Crippen molar-refractivity contribution in [2.24, 2.45) is 0 Å². The highest BCUT2D eigenvalue weighted by Gasteiger charge is 2.25. The largest absolute Gasteiger partial charge is 0.368 e. The summed E-state index contributed by atoms with van der Waals surface area (Å²) in [5, 5.41) is 0.722. The Labute approximate surface area is 208 Å². The second-order valence-electron chi connectivity index (χ2n) is 8.98. The Morgan fingerprint density at radius 1 is 0.941 bits per heavy atom. The first kappa shape index (κ1) is 24.5. The molecule has 0 radical (unpaired) electrons. The zero-order chi connectivity index (χ0) is 23.9. The molecule has 0 aromatic heterocycles. The Kier molecular flexibility index (Phi) is 8.39. The van der Waals surface area contributed by atoms with Gasteiger partial charge in [0.15, 0.2) is 0 Å². The molecule has 0 N–H and O–H groups in total. The molecule has 1 fully saturated rings. The normalized spacial score (nSPS) is 15.3. The van der Waals surface area contributed by atoms with Gasteiger partial charge in [-0.2, -0.15) is 0 Å². The van der Waals surface area contributed by atoms with E-state index in [4.69, 9.17) is 16.3 Å². The van der Waals surface area contributed by atoms with Gasteiger partial charge in [0.25, 0.3) is 5.91 Å². The summed E-state index contributed by atoms with van der Waals surface area (Å²) in [6.07, 6.45) is 0.912. The van der Waals surface area contributed by atoms with Crippen LogP contribution in [-0.2, 0) is 17.8 Å². The monoisotopic (exact) mass is 476 g/mol. The lowest BCUT2D eigenvalue weighted by Crippen LogP contribution is -2.49. The molecule has 178 valence electrons. The number of carbonyl (C=O) groups is 1. The zero-order valence-corrected chi connectivity index (χ0v) is 20.8. The van der Waals surface area contributed by atoms with Gasteiger partial charge in [-0.25, -0.2) is 0 Å². The van der Waals surface area contributed by atoms with Crippen LogP contribution in [-0.4, -0.2) is 48.4 Å². The molecule has 1 amide bonds. The maximum absolute atomic E-state index is 12.9. The molecular weight excluding hydrogens is 444 g/mol. The van der Waals surface area contributed by atoms with Crippen LogP contribution in [0.25, 0.3) is 0 Å². The summed E-state index contributed by atoms with van der Waals surface area (Å²) in [6.45, 7) is 8.66. The highest BCUT2D eigenvalue weighted by Crippen LogP contribution is 2.24. The Balaban J connectivity index is 1.37. The van der Waals surface area contributed by atoms with E-state index in [-0.39, 0.29) is 12.0 Å². The molecule has 0 bridgehead atoms. The Bertz CT molecular complexity index is 1070. The zero-order valence-electron chi connectivity index (χ0n) is 20.0. The first-order valence-electron chi connectivity index (χ1n) is 12.0. The topological polar surface area (TPSA) is 32.8 Å². The average Bonchev–Trinajstić information content (AvgIpc) is 2.87. The minimum Gasteiger partial charge on any atom is -0.368 e. The van der Waals surface area contributed by atoms with Crippen LogP contribution in [0.4, 0.5) is 0 Å². The van der Waals surface area contributed by atoms with Crippen molar-refractivity contribution in [3.05, 3.63) is 106 Å². The molecule has 0 spiro atoms. The molecule has 4 nitrogen and oxygen atoms in total. The number of amides is 1. The highest BCUT2D eigenvalue weighted by molar-refractivity contribution is 6.30. The van der Waals surface area contributed by atoms with E-state index in [1.807, 2.05) is 53.4 Å². The Morgan fingerprint density at radius 2 is 1.65 bits per heavy atom. The third-order valence-electron chi connectivity index (χ3n) is 6.47. The minimum absolute atomic E-state index is 0.0679. The predicted octanol–water partition coefficient (Wildman–Crippen LogP) is 5.93. The fourth-order valence-corrected chi connectivity index (χ4v) is 4.49. The number of nitrogens with zero attached hydrogens (tertiary/aromatic N) is 2. The van der Waals surface area contributed by atoms with Crippen molar-refractivity contribution in [2.45, 2.75) is 33.0 Å². The second-order valence-corrected chi connectivity index (χ2v) is 9.42. The maximum atomic E-state index is 12.9. The number of benzene rings is 3. The lowest BCUT2D eigenvalue weighted by molar-refractivity contribution is 0.00341. The predicted molar refractivity (Wildman–Crippen MR) is 138 cm³/mol.